The number of aryl methyl sites for hydroxylation is 1. The fraction of sp³-hybridized carbons (Fsp3) is 0.200. The van der Waals surface area contributed by atoms with Gasteiger partial charge in [0.05, 0.1) is 5.69 Å². The van der Waals surface area contributed by atoms with E-state index in [1.807, 2.05) is 0 Å². The van der Waals surface area contributed by atoms with Crippen LogP contribution in [0.15, 0.2) is 47.4 Å². The minimum absolute atomic E-state index is 0.0621. The molecule has 0 fully saturated rings. The van der Waals surface area contributed by atoms with Gasteiger partial charge in [-0.2, -0.15) is 13.2 Å². The number of rotatable bonds is 4. The second kappa shape index (κ2) is 6.55. The minimum atomic E-state index is -4.93. The Morgan fingerprint density at radius 1 is 1.17 bits per heavy atom. The van der Waals surface area contributed by atoms with Crippen LogP contribution < -0.4 is 16.2 Å². The van der Waals surface area contributed by atoms with Gasteiger partial charge in [0.1, 0.15) is 0 Å². The van der Waals surface area contributed by atoms with E-state index in [0.29, 0.717) is 17.8 Å². The highest BCUT2D eigenvalue weighted by atomic mass is 19.4. The molecule has 122 valence electrons. The number of nitrogens with one attached hydrogen (secondary N) is 2. The highest BCUT2D eigenvalue weighted by Crippen LogP contribution is 2.19. The number of carbonyl (C=O) groups is 1. The third-order valence-corrected chi connectivity index (χ3v) is 3.02. The molecule has 0 aliphatic rings. The molecule has 0 bridgehead atoms. The van der Waals surface area contributed by atoms with Crippen LogP contribution in [-0.2, 0) is 18.4 Å². The Morgan fingerprint density at radius 3 is 2.57 bits per heavy atom. The largest absolute Gasteiger partial charge is 0.471 e. The summed E-state index contributed by atoms with van der Waals surface area (Å²) < 4.78 is 38.1. The van der Waals surface area contributed by atoms with E-state index in [9.17, 15) is 22.8 Å². The Bertz CT molecular complexity index is 769. The number of halogens is 3. The number of carbonyl (C=O) groups excluding carboxylic acids is 1. The summed E-state index contributed by atoms with van der Waals surface area (Å²) in [5, 5.41) is 4.84. The van der Waals surface area contributed by atoms with E-state index in [2.05, 4.69) is 5.32 Å². The number of amides is 1. The van der Waals surface area contributed by atoms with Crippen LogP contribution in [0.4, 0.5) is 24.5 Å². The maximum Gasteiger partial charge on any atom is 0.471 e. The van der Waals surface area contributed by atoms with Crippen molar-refractivity contribution >= 4 is 17.3 Å². The molecule has 0 saturated heterocycles. The smallest absolute Gasteiger partial charge is 0.380 e. The van der Waals surface area contributed by atoms with Crippen molar-refractivity contribution in [3.8, 4) is 0 Å². The average Bonchev–Trinajstić information content (AvgIpc) is 2.48. The van der Waals surface area contributed by atoms with Crippen LogP contribution in [0.5, 0.6) is 0 Å². The first-order valence-corrected chi connectivity index (χ1v) is 6.63. The van der Waals surface area contributed by atoms with Gasteiger partial charge in [0.2, 0.25) is 5.56 Å². The summed E-state index contributed by atoms with van der Waals surface area (Å²) in [5.74, 6) is -2.01. The Morgan fingerprint density at radius 2 is 1.91 bits per heavy atom. The van der Waals surface area contributed by atoms with Crippen LogP contribution in [0.3, 0.4) is 0 Å². The van der Waals surface area contributed by atoms with Gasteiger partial charge in [0.25, 0.3) is 0 Å². The molecule has 5 nitrogen and oxygen atoms in total. The lowest BCUT2D eigenvalue weighted by Crippen LogP contribution is -2.29. The summed E-state index contributed by atoms with van der Waals surface area (Å²) in [6.45, 7) is 0.327. The highest BCUT2D eigenvalue weighted by molar-refractivity contribution is 5.94. The zero-order chi connectivity index (χ0) is 17.0. The topological polar surface area (TPSA) is 63.1 Å². The van der Waals surface area contributed by atoms with E-state index >= 15 is 0 Å². The van der Waals surface area contributed by atoms with Gasteiger partial charge in [-0.25, -0.2) is 0 Å². The van der Waals surface area contributed by atoms with E-state index in [1.54, 1.807) is 36.8 Å². The zero-order valence-corrected chi connectivity index (χ0v) is 12.1. The first kappa shape index (κ1) is 16.6. The van der Waals surface area contributed by atoms with E-state index in [0.717, 1.165) is 0 Å². The SMILES string of the molecule is Cn1cc(NCc2cccc(NC(=O)C(F)(F)F)c2)ccc1=O. The van der Waals surface area contributed by atoms with Crippen molar-refractivity contribution in [2.24, 2.45) is 7.05 Å². The molecule has 0 aliphatic carbocycles. The molecule has 8 heteroatoms. The second-order valence-corrected chi connectivity index (χ2v) is 4.87. The van der Waals surface area contributed by atoms with Gasteiger partial charge in [-0.3, -0.25) is 9.59 Å². The van der Waals surface area contributed by atoms with Gasteiger partial charge < -0.3 is 15.2 Å². The van der Waals surface area contributed by atoms with E-state index in [1.165, 1.54) is 22.8 Å². The van der Waals surface area contributed by atoms with E-state index in [4.69, 9.17) is 0 Å². The van der Waals surface area contributed by atoms with Crippen LogP contribution in [-0.4, -0.2) is 16.7 Å². The molecular formula is C15H14F3N3O2. The minimum Gasteiger partial charge on any atom is -0.380 e. The summed E-state index contributed by atoms with van der Waals surface area (Å²) in [6.07, 6.45) is -3.32. The van der Waals surface area contributed by atoms with E-state index in [-0.39, 0.29) is 11.2 Å². The molecule has 0 saturated carbocycles. The molecule has 0 atom stereocenters. The molecule has 1 aromatic heterocycles. The Kier molecular flexibility index (Phi) is 4.73. The van der Waals surface area contributed by atoms with Crippen molar-refractivity contribution < 1.29 is 18.0 Å². The summed E-state index contributed by atoms with van der Waals surface area (Å²) in [6, 6.07) is 9.08. The second-order valence-electron chi connectivity index (χ2n) is 4.87. The Labute approximate surface area is 129 Å². The maximum atomic E-state index is 12.2. The lowest BCUT2D eigenvalue weighted by atomic mass is 10.2. The number of hydrogen-bond acceptors (Lipinski definition) is 3. The highest BCUT2D eigenvalue weighted by Gasteiger charge is 2.38. The van der Waals surface area contributed by atoms with Gasteiger partial charge in [-0.15, -0.1) is 0 Å². The van der Waals surface area contributed by atoms with Crippen molar-refractivity contribution in [2.45, 2.75) is 12.7 Å². The molecule has 2 rings (SSSR count). The number of anilines is 2. The number of nitrogens with zero attached hydrogens (tertiary/aromatic N) is 1. The standard InChI is InChI=1S/C15H14F3N3O2/c1-21-9-12(5-6-13(21)22)19-8-10-3-2-4-11(7-10)20-14(23)15(16,17)18/h2-7,9,19H,8H2,1H3,(H,20,23). The van der Waals surface area contributed by atoms with E-state index < -0.39 is 12.1 Å². The van der Waals surface area contributed by atoms with Crippen molar-refractivity contribution in [1.82, 2.24) is 4.57 Å². The van der Waals surface area contributed by atoms with Crippen LogP contribution in [0.25, 0.3) is 0 Å². The molecule has 23 heavy (non-hydrogen) atoms. The molecule has 0 spiro atoms. The Balaban J connectivity index is 2.04. The molecule has 0 unspecified atom stereocenters. The lowest BCUT2D eigenvalue weighted by Gasteiger charge is -2.11. The fourth-order valence-corrected chi connectivity index (χ4v) is 1.86. The number of aromatic nitrogens is 1. The fourth-order valence-electron chi connectivity index (χ4n) is 1.86. The first-order valence-electron chi connectivity index (χ1n) is 6.63. The third kappa shape index (κ3) is 4.60. The summed E-state index contributed by atoms with van der Waals surface area (Å²) in [5.41, 5.74) is 1.29. The van der Waals surface area contributed by atoms with Crippen molar-refractivity contribution in [2.75, 3.05) is 10.6 Å². The molecule has 0 radical (unpaired) electrons. The van der Waals surface area contributed by atoms with Crippen LogP contribution in [0.1, 0.15) is 5.56 Å². The normalized spacial score (nSPS) is 11.1. The zero-order valence-electron chi connectivity index (χ0n) is 12.1. The predicted molar refractivity (Wildman–Crippen MR) is 80.1 cm³/mol. The molecule has 1 heterocycles. The maximum absolute atomic E-state index is 12.2. The summed E-state index contributed by atoms with van der Waals surface area (Å²) >= 11 is 0. The number of pyridine rings is 1. The molecule has 1 aromatic carbocycles. The first-order chi connectivity index (χ1) is 10.8. The quantitative estimate of drug-likeness (QED) is 0.908. The van der Waals surface area contributed by atoms with Crippen molar-refractivity contribution in [3.63, 3.8) is 0 Å². The van der Waals surface area contributed by atoms with Gasteiger partial charge >= 0.3 is 12.1 Å². The third-order valence-electron chi connectivity index (χ3n) is 3.02. The van der Waals surface area contributed by atoms with Gasteiger partial charge in [-0.1, -0.05) is 12.1 Å². The molecular weight excluding hydrogens is 311 g/mol. The van der Waals surface area contributed by atoms with Gasteiger partial charge in [0, 0.05) is 31.5 Å². The monoisotopic (exact) mass is 325 g/mol. The summed E-state index contributed by atoms with van der Waals surface area (Å²) in [4.78, 5) is 22.2. The molecule has 2 aromatic rings. The van der Waals surface area contributed by atoms with Gasteiger partial charge in [0.15, 0.2) is 0 Å². The molecule has 2 N–H and O–H groups in total. The van der Waals surface area contributed by atoms with Crippen LogP contribution >= 0.6 is 0 Å². The number of alkyl halides is 3. The van der Waals surface area contributed by atoms with Crippen LogP contribution in [0, 0.1) is 0 Å². The Hall–Kier alpha value is -2.77. The average molecular weight is 325 g/mol. The summed E-state index contributed by atoms with van der Waals surface area (Å²) in [7, 11) is 1.61. The number of hydrogen-bond donors (Lipinski definition) is 2. The predicted octanol–water partition coefficient (Wildman–Crippen LogP) is 2.50. The van der Waals surface area contributed by atoms with Crippen LogP contribution in [0.2, 0.25) is 0 Å². The number of benzene rings is 1. The van der Waals surface area contributed by atoms with Gasteiger partial charge in [-0.05, 0) is 23.8 Å². The lowest BCUT2D eigenvalue weighted by molar-refractivity contribution is -0.167. The van der Waals surface area contributed by atoms with Crippen molar-refractivity contribution in [1.29, 1.82) is 0 Å². The molecule has 0 aliphatic heterocycles. The molecule has 1 amide bonds. The van der Waals surface area contributed by atoms with Crippen molar-refractivity contribution in [3.05, 3.63) is 58.5 Å².